The molecule has 1 aromatic rings. The Balaban J connectivity index is 0.00000121. The minimum atomic E-state index is 0. The summed E-state index contributed by atoms with van der Waals surface area (Å²) < 4.78 is 4.92. The van der Waals surface area contributed by atoms with Crippen molar-refractivity contribution in [3.63, 3.8) is 0 Å². The van der Waals surface area contributed by atoms with Crippen LogP contribution < -0.4 is 15.5 Å². The summed E-state index contributed by atoms with van der Waals surface area (Å²) in [7, 11) is 1.53. The minimum absolute atomic E-state index is 0. The van der Waals surface area contributed by atoms with Gasteiger partial charge in [-0.15, -0.1) is 12.4 Å². The van der Waals surface area contributed by atoms with Crippen molar-refractivity contribution in [1.82, 2.24) is 0 Å². The predicted molar refractivity (Wildman–Crippen MR) is 50.1 cm³/mol. The molecule has 3 nitrogen and oxygen atoms in total. The fraction of sp³-hybridized carbons (Fsp3) is 0.143. The topological polar surface area (TPSA) is 44.5 Å². The van der Waals surface area contributed by atoms with E-state index in [1.165, 1.54) is 7.11 Å². The average molecular weight is 210 g/mol. The van der Waals surface area contributed by atoms with Crippen molar-refractivity contribution in [2.75, 3.05) is 7.11 Å². The van der Waals surface area contributed by atoms with E-state index in [2.05, 4.69) is 4.84 Å². The number of nitrogens with two attached hydrogens (primary N) is 1. The maximum absolute atomic E-state index is 5.73. The van der Waals surface area contributed by atoms with Crippen LogP contribution >= 0.6 is 24.0 Å². The van der Waals surface area contributed by atoms with Crippen LogP contribution in [-0.2, 0) is 0 Å². The van der Waals surface area contributed by atoms with Crippen LogP contribution in [0, 0.1) is 0 Å². The second-order valence-electron chi connectivity index (χ2n) is 1.91. The van der Waals surface area contributed by atoms with Crippen LogP contribution in [0.4, 0.5) is 0 Å². The van der Waals surface area contributed by atoms with E-state index in [9.17, 15) is 0 Å². The van der Waals surface area contributed by atoms with E-state index in [-0.39, 0.29) is 12.4 Å². The molecule has 0 saturated heterocycles. The highest BCUT2D eigenvalue weighted by Gasteiger charge is 2.00. The van der Waals surface area contributed by atoms with E-state index in [1.807, 2.05) is 0 Å². The summed E-state index contributed by atoms with van der Waals surface area (Å²) in [5.41, 5.74) is 0. The smallest absolute Gasteiger partial charge is 0.150 e. The molecule has 1 aromatic carbocycles. The lowest BCUT2D eigenvalue weighted by molar-refractivity contribution is 0.330. The van der Waals surface area contributed by atoms with Gasteiger partial charge in [0.2, 0.25) is 0 Å². The third kappa shape index (κ3) is 2.44. The normalized spacial score (nSPS) is 8.58. The van der Waals surface area contributed by atoms with Gasteiger partial charge in [0.1, 0.15) is 5.75 Å². The van der Waals surface area contributed by atoms with Crippen molar-refractivity contribution in [2.24, 2.45) is 5.90 Å². The molecule has 0 saturated carbocycles. The summed E-state index contributed by atoms with van der Waals surface area (Å²) in [6, 6.07) is 4.93. The van der Waals surface area contributed by atoms with E-state index in [0.717, 1.165) is 0 Å². The fourth-order valence-electron chi connectivity index (χ4n) is 0.713. The van der Waals surface area contributed by atoms with Crippen LogP contribution in [0.5, 0.6) is 11.5 Å². The molecule has 0 aliphatic carbocycles. The molecular weight excluding hydrogens is 201 g/mol. The van der Waals surface area contributed by atoms with Gasteiger partial charge in [-0.05, 0) is 12.1 Å². The highest BCUT2D eigenvalue weighted by atomic mass is 35.5. The largest absolute Gasteiger partial charge is 0.495 e. The van der Waals surface area contributed by atoms with Crippen LogP contribution in [0.25, 0.3) is 0 Å². The first kappa shape index (κ1) is 11.4. The lowest BCUT2D eigenvalue weighted by Gasteiger charge is -2.03. The van der Waals surface area contributed by atoms with Crippen molar-refractivity contribution < 1.29 is 9.57 Å². The summed E-state index contributed by atoms with van der Waals surface area (Å²) in [6.07, 6.45) is 0. The van der Waals surface area contributed by atoms with Gasteiger partial charge in [-0.1, -0.05) is 11.6 Å². The Kier molecular flexibility index (Phi) is 4.81. The number of halogens is 2. The molecular formula is C7H9Cl2NO2. The zero-order valence-electron chi connectivity index (χ0n) is 6.41. The average Bonchev–Trinajstić information content (AvgIpc) is 2.05. The monoisotopic (exact) mass is 209 g/mol. The van der Waals surface area contributed by atoms with E-state index < -0.39 is 0 Å². The lowest BCUT2D eigenvalue weighted by Crippen LogP contribution is -2.01. The Bertz CT molecular complexity index is 255. The van der Waals surface area contributed by atoms with Crippen molar-refractivity contribution in [3.05, 3.63) is 23.2 Å². The Morgan fingerprint density at radius 3 is 2.58 bits per heavy atom. The summed E-state index contributed by atoms with van der Waals surface area (Å²) >= 11 is 5.73. The summed E-state index contributed by atoms with van der Waals surface area (Å²) in [6.45, 7) is 0. The van der Waals surface area contributed by atoms with Gasteiger partial charge in [0, 0.05) is 6.07 Å². The van der Waals surface area contributed by atoms with E-state index in [4.69, 9.17) is 22.2 Å². The molecule has 0 radical (unpaired) electrons. The Hall–Kier alpha value is -0.640. The molecule has 0 aliphatic rings. The van der Waals surface area contributed by atoms with Crippen molar-refractivity contribution in [2.45, 2.75) is 0 Å². The zero-order valence-corrected chi connectivity index (χ0v) is 7.98. The molecule has 5 heteroatoms. The molecule has 0 bridgehead atoms. The van der Waals surface area contributed by atoms with Gasteiger partial charge in [0.25, 0.3) is 0 Å². The number of rotatable bonds is 2. The van der Waals surface area contributed by atoms with Gasteiger partial charge in [-0.3, -0.25) is 0 Å². The molecule has 0 fully saturated rings. The summed E-state index contributed by atoms with van der Waals surface area (Å²) in [5.74, 6) is 6.00. The number of hydrogen-bond donors (Lipinski definition) is 1. The number of methoxy groups -OCH3 is 1. The van der Waals surface area contributed by atoms with E-state index >= 15 is 0 Å². The second-order valence-corrected chi connectivity index (χ2v) is 2.32. The number of ether oxygens (including phenoxy) is 1. The molecule has 0 atom stereocenters. The number of benzene rings is 1. The first-order valence-electron chi connectivity index (χ1n) is 2.98. The first-order valence-corrected chi connectivity index (χ1v) is 3.36. The molecule has 12 heavy (non-hydrogen) atoms. The minimum Gasteiger partial charge on any atom is -0.495 e. The maximum Gasteiger partial charge on any atom is 0.150 e. The lowest BCUT2D eigenvalue weighted by atomic mass is 10.3. The third-order valence-electron chi connectivity index (χ3n) is 1.26. The molecule has 0 amide bonds. The Morgan fingerprint density at radius 1 is 1.42 bits per heavy atom. The SMILES string of the molecule is COc1cc(ON)ccc1Cl.Cl. The quantitative estimate of drug-likeness (QED) is 0.759. The molecule has 0 unspecified atom stereocenters. The molecule has 0 aromatic heterocycles. The maximum atomic E-state index is 5.73. The predicted octanol–water partition coefficient (Wildman–Crippen LogP) is 2.02. The van der Waals surface area contributed by atoms with Crippen molar-refractivity contribution >= 4 is 24.0 Å². The molecule has 2 N–H and O–H groups in total. The van der Waals surface area contributed by atoms with Crippen LogP contribution in [0.1, 0.15) is 0 Å². The third-order valence-corrected chi connectivity index (χ3v) is 1.57. The van der Waals surface area contributed by atoms with E-state index in [0.29, 0.717) is 16.5 Å². The molecule has 0 spiro atoms. The highest BCUT2D eigenvalue weighted by Crippen LogP contribution is 2.27. The molecule has 1 rings (SSSR count). The Morgan fingerprint density at radius 2 is 2.08 bits per heavy atom. The highest BCUT2D eigenvalue weighted by molar-refractivity contribution is 6.32. The van der Waals surface area contributed by atoms with Crippen LogP contribution in [-0.4, -0.2) is 7.11 Å². The van der Waals surface area contributed by atoms with Crippen molar-refractivity contribution in [1.29, 1.82) is 0 Å². The zero-order chi connectivity index (χ0) is 8.27. The van der Waals surface area contributed by atoms with Gasteiger partial charge < -0.3 is 9.57 Å². The molecule has 0 heterocycles. The summed E-state index contributed by atoms with van der Waals surface area (Å²) in [4.78, 5) is 4.47. The van der Waals surface area contributed by atoms with Gasteiger partial charge in [-0.25, -0.2) is 0 Å². The molecule has 68 valence electrons. The van der Waals surface area contributed by atoms with Gasteiger partial charge in [0.15, 0.2) is 5.75 Å². The fourth-order valence-corrected chi connectivity index (χ4v) is 0.908. The summed E-state index contributed by atoms with van der Waals surface area (Å²) in [5, 5.41) is 0.535. The van der Waals surface area contributed by atoms with Gasteiger partial charge in [-0.2, -0.15) is 5.90 Å². The van der Waals surface area contributed by atoms with Crippen LogP contribution in [0.2, 0.25) is 5.02 Å². The Labute approximate surface area is 81.8 Å². The van der Waals surface area contributed by atoms with Crippen LogP contribution in [0.3, 0.4) is 0 Å². The first-order chi connectivity index (χ1) is 5.27. The van der Waals surface area contributed by atoms with Crippen LogP contribution in [0.15, 0.2) is 18.2 Å². The van der Waals surface area contributed by atoms with E-state index in [1.54, 1.807) is 18.2 Å². The van der Waals surface area contributed by atoms with Gasteiger partial charge >= 0.3 is 0 Å². The standard InChI is InChI=1S/C7H8ClNO2.ClH/c1-10-7-4-5(11-9)2-3-6(7)8;/h2-4H,9H2,1H3;1H. The number of hydrogen-bond acceptors (Lipinski definition) is 3. The van der Waals surface area contributed by atoms with Crippen molar-refractivity contribution in [3.8, 4) is 11.5 Å². The van der Waals surface area contributed by atoms with Gasteiger partial charge in [0.05, 0.1) is 12.1 Å². The molecule has 0 aliphatic heterocycles. The second kappa shape index (κ2) is 5.09.